The maximum absolute atomic E-state index is 13.6. The highest BCUT2D eigenvalue weighted by Crippen LogP contribution is 2.64. The van der Waals surface area contributed by atoms with Crippen molar-refractivity contribution in [2.75, 3.05) is 6.61 Å². The molecule has 168 valence electrons. The van der Waals surface area contributed by atoms with Crippen LogP contribution in [0.4, 0.5) is 8.78 Å². The summed E-state index contributed by atoms with van der Waals surface area (Å²) in [5.41, 5.74) is -1.36. The van der Waals surface area contributed by atoms with E-state index in [9.17, 15) is 22.0 Å². The van der Waals surface area contributed by atoms with Crippen molar-refractivity contribution in [3.63, 3.8) is 0 Å². The summed E-state index contributed by atoms with van der Waals surface area (Å²) in [6.45, 7) is 9.13. The first kappa shape index (κ1) is 23.1. The Kier molecular flexibility index (Phi) is 5.34. The first-order valence-corrected chi connectivity index (χ1v) is 14.5. The molecule has 4 rings (SSSR count). The largest absolute Gasteiger partial charge is 0.458 e. The predicted molar refractivity (Wildman–Crippen MR) is 106 cm³/mol. The van der Waals surface area contributed by atoms with Crippen LogP contribution >= 0.6 is 0 Å². The van der Waals surface area contributed by atoms with Gasteiger partial charge in [-0.15, -0.1) is 0 Å². The van der Waals surface area contributed by atoms with Crippen LogP contribution in [0.1, 0.15) is 59.3 Å². The van der Waals surface area contributed by atoms with Crippen LogP contribution in [0.15, 0.2) is 0 Å². The van der Waals surface area contributed by atoms with Gasteiger partial charge in [0.25, 0.3) is 0 Å². The highest BCUT2D eigenvalue weighted by molar-refractivity contribution is 7.86. The number of esters is 1. The van der Waals surface area contributed by atoms with Crippen LogP contribution in [-0.2, 0) is 24.1 Å². The van der Waals surface area contributed by atoms with Crippen LogP contribution < -0.4 is 0 Å². The van der Waals surface area contributed by atoms with Crippen molar-refractivity contribution in [2.45, 2.75) is 88.3 Å². The lowest BCUT2D eigenvalue weighted by Crippen LogP contribution is -2.63. The first-order chi connectivity index (χ1) is 12.9. The maximum Gasteiger partial charge on any atom is 0.402 e. The van der Waals surface area contributed by atoms with Crippen molar-refractivity contribution in [2.24, 2.45) is 17.3 Å². The Bertz CT molecular complexity index is 775. The van der Waals surface area contributed by atoms with E-state index < -0.39 is 47.3 Å². The van der Waals surface area contributed by atoms with Gasteiger partial charge in [0.1, 0.15) is 0 Å². The third kappa shape index (κ3) is 4.14. The standard InChI is InChI=1S/C19H32F2O6SSi/c1-16(2,3)29(4,5)27-18-9-13-6-14(10-18)8-17(7-13,11-18)15(22)26-12-19(20,21)28(23,24)25/h13-14H,6-12H2,1-5H3,(H,23,24,25). The molecule has 4 fully saturated rings. The molecular formula is C19H32F2O6SSi. The van der Waals surface area contributed by atoms with Crippen molar-refractivity contribution < 1.29 is 35.7 Å². The van der Waals surface area contributed by atoms with Crippen molar-refractivity contribution in [1.29, 1.82) is 0 Å². The molecule has 0 radical (unpaired) electrons. The average molecular weight is 455 g/mol. The Labute approximate surface area is 172 Å². The predicted octanol–water partition coefficient (Wildman–Crippen LogP) is 4.37. The number of halogens is 2. The van der Waals surface area contributed by atoms with Gasteiger partial charge < -0.3 is 9.16 Å². The minimum absolute atomic E-state index is 0.00153. The molecule has 0 heterocycles. The molecule has 1 N–H and O–H groups in total. The molecule has 0 aromatic heterocycles. The fourth-order valence-corrected chi connectivity index (χ4v) is 7.44. The van der Waals surface area contributed by atoms with Crippen LogP contribution in [0.3, 0.4) is 0 Å². The van der Waals surface area contributed by atoms with E-state index >= 15 is 0 Å². The molecule has 0 aromatic carbocycles. The van der Waals surface area contributed by atoms with Crippen molar-refractivity contribution >= 4 is 24.4 Å². The Hall–Kier alpha value is -0.583. The highest BCUT2D eigenvalue weighted by atomic mass is 32.2. The van der Waals surface area contributed by atoms with Gasteiger partial charge in [0, 0.05) is 0 Å². The second kappa shape index (κ2) is 6.71. The number of hydrogen-bond donors (Lipinski definition) is 1. The summed E-state index contributed by atoms with van der Waals surface area (Å²) >= 11 is 0. The lowest BCUT2D eigenvalue weighted by atomic mass is 9.48. The second-order valence-electron chi connectivity index (χ2n) is 11.0. The molecule has 4 bridgehead atoms. The number of carbonyl (C=O) groups excluding carboxylic acids is 1. The summed E-state index contributed by atoms with van der Waals surface area (Å²) in [4.78, 5) is 12.9. The molecule has 0 saturated heterocycles. The first-order valence-electron chi connectivity index (χ1n) is 10.1. The second-order valence-corrected chi connectivity index (χ2v) is 17.2. The van der Waals surface area contributed by atoms with Gasteiger partial charge in [0.15, 0.2) is 14.9 Å². The summed E-state index contributed by atoms with van der Waals surface area (Å²) in [6.07, 6.45) is 4.28. The number of carbonyl (C=O) groups is 1. The minimum atomic E-state index is -5.64. The SMILES string of the molecule is CC(C)(C)[Si](C)(C)OC12CC3CC(C1)CC(C(=O)OCC(F)(F)S(=O)(=O)O)(C3)C2. The maximum atomic E-state index is 13.6. The fraction of sp³-hybridized carbons (Fsp3) is 0.947. The molecule has 0 amide bonds. The lowest BCUT2D eigenvalue weighted by molar-refractivity contribution is -0.196. The normalized spacial score (nSPS) is 35.0. The zero-order valence-electron chi connectivity index (χ0n) is 17.8. The van der Waals surface area contributed by atoms with Crippen LogP contribution in [0.2, 0.25) is 18.1 Å². The minimum Gasteiger partial charge on any atom is -0.458 e. The smallest absolute Gasteiger partial charge is 0.402 e. The van der Waals surface area contributed by atoms with E-state index in [1.54, 1.807) is 0 Å². The van der Waals surface area contributed by atoms with Crippen LogP contribution in [0, 0.1) is 17.3 Å². The summed E-state index contributed by atoms with van der Waals surface area (Å²) in [5.74, 6) is -0.246. The Morgan fingerprint density at radius 1 is 1.14 bits per heavy atom. The molecule has 2 unspecified atom stereocenters. The zero-order chi connectivity index (χ0) is 22.1. The third-order valence-corrected chi connectivity index (χ3v) is 12.9. The molecule has 0 aliphatic heterocycles. The van der Waals surface area contributed by atoms with E-state index in [0.29, 0.717) is 19.3 Å². The molecule has 4 aliphatic carbocycles. The van der Waals surface area contributed by atoms with Gasteiger partial charge in [0.2, 0.25) is 0 Å². The van der Waals surface area contributed by atoms with Crippen molar-refractivity contribution in [1.82, 2.24) is 0 Å². The van der Waals surface area contributed by atoms with E-state index in [0.717, 1.165) is 19.3 Å². The van der Waals surface area contributed by atoms with Gasteiger partial charge in [-0.05, 0) is 68.5 Å². The number of ether oxygens (including phenoxy) is 1. The van der Waals surface area contributed by atoms with Crippen LogP contribution in [0.5, 0.6) is 0 Å². The van der Waals surface area contributed by atoms with E-state index in [1.807, 2.05) is 0 Å². The van der Waals surface area contributed by atoms with E-state index in [2.05, 4.69) is 33.9 Å². The summed E-state index contributed by atoms with van der Waals surface area (Å²) in [5, 5.41) is -4.51. The van der Waals surface area contributed by atoms with Gasteiger partial charge in [-0.2, -0.15) is 17.2 Å². The molecule has 0 aromatic rings. The number of hydrogen-bond acceptors (Lipinski definition) is 5. The quantitative estimate of drug-likeness (QED) is 0.364. The molecule has 6 nitrogen and oxygen atoms in total. The molecular weight excluding hydrogens is 422 g/mol. The molecule has 29 heavy (non-hydrogen) atoms. The topological polar surface area (TPSA) is 89.9 Å². The summed E-state index contributed by atoms with van der Waals surface area (Å²) < 4.78 is 69.0. The Morgan fingerprint density at radius 2 is 1.66 bits per heavy atom. The molecule has 4 aliphatic rings. The zero-order valence-corrected chi connectivity index (χ0v) is 19.6. The third-order valence-electron chi connectivity index (χ3n) is 7.47. The lowest BCUT2D eigenvalue weighted by Gasteiger charge is -2.62. The summed E-state index contributed by atoms with van der Waals surface area (Å²) in [7, 11) is -7.75. The summed E-state index contributed by atoms with van der Waals surface area (Å²) in [6, 6.07) is 0. The highest BCUT2D eigenvalue weighted by Gasteiger charge is 2.63. The van der Waals surface area contributed by atoms with Gasteiger partial charge in [0.05, 0.1) is 11.0 Å². The fourth-order valence-electron chi connectivity index (χ4n) is 5.61. The average Bonchev–Trinajstić information content (AvgIpc) is 2.47. The van der Waals surface area contributed by atoms with E-state index in [-0.39, 0.29) is 16.9 Å². The molecule has 0 spiro atoms. The van der Waals surface area contributed by atoms with Crippen molar-refractivity contribution in [3.8, 4) is 0 Å². The van der Waals surface area contributed by atoms with Gasteiger partial charge in [-0.1, -0.05) is 20.8 Å². The van der Waals surface area contributed by atoms with Crippen LogP contribution in [-0.4, -0.2) is 44.7 Å². The number of rotatable bonds is 6. The van der Waals surface area contributed by atoms with Crippen molar-refractivity contribution in [3.05, 3.63) is 0 Å². The van der Waals surface area contributed by atoms with Crippen LogP contribution in [0.25, 0.3) is 0 Å². The van der Waals surface area contributed by atoms with E-state index in [1.165, 1.54) is 0 Å². The van der Waals surface area contributed by atoms with Gasteiger partial charge >= 0.3 is 21.3 Å². The molecule has 4 saturated carbocycles. The monoisotopic (exact) mass is 454 g/mol. The number of alkyl halides is 2. The van der Waals surface area contributed by atoms with Gasteiger partial charge in [-0.3, -0.25) is 9.35 Å². The van der Waals surface area contributed by atoms with Gasteiger partial charge in [-0.25, -0.2) is 0 Å². The Balaban J connectivity index is 1.81. The van der Waals surface area contributed by atoms with E-state index in [4.69, 9.17) is 13.7 Å². The molecule has 10 heteroatoms. The Morgan fingerprint density at radius 3 is 2.10 bits per heavy atom. The molecule has 2 atom stereocenters.